The molecule has 6 rings (SSSR count). The van der Waals surface area contributed by atoms with Gasteiger partial charge in [0.05, 0.1) is 16.7 Å². The van der Waals surface area contributed by atoms with Crippen LogP contribution in [-0.2, 0) is 11.4 Å². The SMILES string of the molecule is [C-]#[N+]Cn1cc(-c2[nH]c3ccc(C4CCC(CC5CCOCC5)CC4)nc3c2C(C)C)c2cccnc21. The van der Waals surface area contributed by atoms with Crippen molar-refractivity contribution in [1.82, 2.24) is 19.5 Å². The number of pyridine rings is 2. The van der Waals surface area contributed by atoms with Crippen LogP contribution in [0.4, 0.5) is 0 Å². The highest BCUT2D eigenvalue weighted by molar-refractivity contribution is 5.98. The minimum Gasteiger partial charge on any atom is -0.381 e. The molecule has 2 aliphatic rings. The van der Waals surface area contributed by atoms with Crippen LogP contribution in [0.25, 0.3) is 38.2 Å². The lowest BCUT2D eigenvalue weighted by Crippen LogP contribution is -2.21. The van der Waals surface area contributed by atoms with Gasteiger partial charge in [-0.05, 0) is 87.0 Å². The zero-order chi connectivity index (χ0) is 25.4. The van der Waals surface area contributed by atoms with Crippen LogP contribution in [0.15, 0.2) is 36.7 Å². The lowest BCUT2D eigenvalue weighted by atomic mass is 9.75. The molecule has 0 radical (unpaired) electrons. The van der Waals surface area contributed by atoms with Crippen LogP contribution < -0.4 is 0 Å². The van der Waals surface area contributed by atoms with Crippen molar-refractivity contribution in [1.29, 1.82) is 0 Å². The van der Waals surface area contributed by atoms with Gasteiger partial charge >= 0.3 is 0 Å². The minimum absolute atomic E-state index is 0.268. The van der Waals surface area contributed by atoms with E-state index in [4.69, 9.17) is 16.3 Å². The predicted octanol–water partition coefficient (Wildman–Crippen LogP) is 7.67. The fourth-order valence-electron chi connectivity index (χ4n) is 6.76. The summed E-state index contributed by atoms with van der Waals surface area (Å²) in [6.45, 7) is 14.1. The third-order valence-electron chi connectivity index (χ3n) is 8.68. The second-order valence-electron chi connectivity index (χ2n) is 11.4. The third-order valence-corrected chi connectivity index (χ3v) is 8.68. The van der Waals surface area contributed by atoms with Crippen LogP contribution in [0, 0.1) is 18.4 Å². The standard InChI is InChI=1S/C31H37N5O/c1-20(2)28-29(25-18-36(19-32-3)31-24(25)5-4-14-33-31)35-27-11-10-26(34-30(27)28)23-8-6-21(7-9-23)17-22-12-15-37-16-13-22/h4-5,10-11,14,18,20-23,35H,6-9,12-13,15-17,19H2,1-2H3. The first-order chi connectivity index (χ1) is 18.1. The predicted molar refractivity (Wildman–Crippen MR) is 148 cm³/mol. The van der Waals surface area contributed by atoms with E-state index in [1.54, 1.807) is 6.20 Å². The molecule has 0 unspecified atom stereocenters. The van der Waals surface area contributed by atoms with Crippen molar-refractivity contribution in [3.05, 3.63) is 59.3 Å². The van der Waals surface area contributed by atoms with Gasteiger partial charge in [-0.2, -0.15) is 0 Å². The third kappa shape index (κ3) is 4.66. The Bertz CT molecular complexity index is 1430. The molecule has 0 spiro atoms. The zero-order valence-electron chi connectivity index (χ0n) is 22.0. The molecule has 1 N–H and O–H groups in total. The molecule has 6 heteroatoms. The van der Waals surface area contributed by atoms with E-state index in [0.29, 0.717) is 11.8 Å². The summed E-state index contributed by atoms with van der Waals surface area (Å²) in [4.78, 5) is 17.2. The van der Waals surface area contributed by atoms with Gasteiger partial charge in [-0.1, -0.05) is 13.8 Å². The molecule has 2 fully saturated rings. The number of rotatable bonds is 6. The molecule has 1 saturated carbocycles. The molecule has 1 saturated heterocycles. The summed E-state index contributed by atoms with van der Waals surface area (Å²) in [6.07, 6.45) is 12.9. The molecule has 0 amide bonds. The Kier molecular flexibility index (Phi) is 6.73. The van der Waals surface area contributed by atoms with Crippen molar-refractivity contribution in [3.63, 3.8) is 0 Å². The van der Waals surface area contributed by atoms with Crippen molar-refractivity contribution < 1.29 is 4.74 Å². The van der Waals surface area contributed by atoms with Crippen LogP contribution in [0.5, 0.6) is 0 Å². The molecular formula is C31H37N5O. The Morgan fingerprint density at radius 2 is 1.86 bits per heavy atom. The summed E-state index contributed by atoms with van der Waals surface area (Å²) in [7, 11) is 0. The van der Waals surface area contributed by atoms with Gasteiger partial charge in [-0.3, -0.25) is 14.4 Å². The summed E-state index contributed by atoms with van der Waals surface area (Å²) in [6, 6.07) is 8.56. The summed E-state index contributed by atoms with van der Waals surface area (Å²) >= 11 is 0. The fraction of sp³-hybridized carbons (Fsp3) is 0.516. The minimum atomic E-state index is 0.268. The van der Waals surface area contributed by atoms with Crippen molar-refractivity contribution in [2.45, 2.75) is 77.3 Å². The van der Waals surface area contributed by atoms with E-state index in [-0.39, 0.29) is 6.67 Å². The molecule has 37 heavy (non-hydrogen) atoms. The van der Waals surface area contributed by atoms with Crippen molar-refractivity contribution in [3.8, 4) is 11.3 Å². The maximum atomic E-state index is 7.38. The van der Waals surface area contributed by atoms with E-state index in [1.807, 2.05) is 10.6 Å². The summed E-state index contributed by atoms with van der Waals surface area (Å²) in [5.41, 5.74) is 7.76. The second-order valence-corrected chi connectivity index (χ2v) is 11.4. The summed E-state index contributed by atoms with van der Waals surface area (Å²) in [5, 5.41) is 1.07. The number of fused-ring (bicyclic) bond motifs is 2. The molecule has 5 heterocycles. The van der Waals surface area contributed by atoms with E-state index >= 15 is 0 Å². The maximum absolute atomic E-state index is 7.38. The molecule has 1 aliphatic heterocycles. The number of nitrogens with zero attached hydrogens (tertiary/aromatic N) is 4. The Hall–Kier alpha value is -3.17. The number of hydrogen-bond acceptors (Lipinski definition) is 3. The van der Waals surface area contributed by atoms with Gasteiger partial charge in [-0.25, -0.2) is 11.6 Å². The number of nitrogens with one attached hydrogen (secondary N) is 1. The average Bonchev–Trinajstić information content (AvgIpc) is 3.48. The molecule has 4 aromatic heterocycles. The van der Waals surface area contributed by atoms with E-state index in [2.05, 4.69) is 53.1 Å². The topological polar surface area (TPSA) is 60.1 Å². The number of H-pyrrole nitrogens is 1. The van der Waals surface area contributed by atoms with E-state index in [1.165, 1.54) is 56.2 Å². The smallest absolute Gasteiger partial charge is 0.294 e. The molecule has 1 aliphatic carbocycles. The lowest BCUT2D eigenvalue weighted by molar-refractivity contribution is 0.0558. The highest BCUT2D eigenvalue weighted by Crippen LogP contribution is 2.42. The van der Waals surface area contributed by atoms with E-state index < -0.39 is 0 Å². The second kappa shape index (κ2) is 10.3. The number of aromatic nitrogens is 4. The summed E-state index contributed by atoms with van der Waals surface area (Å²) < 4.78 is 7.51. The quantitative estimate of drug-likeness (QED) is 0.279. The first-order valence-electron chi connectivity index (χ1n) is 14.0. The van der Waals surface area contributed by atoms with Crippen molar-refractivity contribution in [2.24, 2.45) is 11.8 Å². The van der Waals surface area contributed by atoms with Gasteiger partial charge in [0.2, 0.25) is 0 Å². The van der Waals surface area contributed by atoms with Crippen molar-refractivity contribution in [2.75, 3.05) is 13.2 Å². The first-order valence-corrected chi connectivity index (χ1v) is 14.0. The van der Waals surface area contributed by atoms with Crippen LogP contribution in [-0.4, -0.2) is 32.7 Å². The first kappa shape index (κ1) is 24.2. The Balaban J connectivity index is 1.30. The molecule has 0 atom stereocenters. The van der Waals surface area contributed by atoms with Crippen molar-refractivity contribution >= 4 is 22.1 Å². The molecular weight excluding hydrogens is 458 g/mol. The fourth-order valence-corrected chi connectivity index (χ4v) is 6.76. The normalized spacial score (nSPS) is 21.1. The van der Waals surface area contributed by atoms with Gasteiger partial charge in [0.25, 0.3) is 6.67 Å². The molecule has 0 aromatic carbocycles. The monoisotopic (exact) mass is 495 g/mol. The van der Waals surface area contributed by atoms with Crippen LogP contribution >= 0.6 is 0 Å². The van der Waals surface area contributed by atoms with Crippen LogP contribution in [0.1, 0.15) is 81.9 Å². The van der Waals surface area contributed by atoms with Gasteiger partial charge in [0.15, 0.2) is 0 Å². The Morgan fingerprint density at radius 1 is 1.08 bits per heavy atom. The van der Waals surface area contributed by atoms with Crippen LogP contribution in [0.2, 0.25) is 0 Å². The van der Waals surface area contributed by atoms with Gasteiger partial charge in [0.1, 0.15) is 5.65 Å². The molecule has 0 bridgehead atoms. The van der Waals surface area contributed by atoms with E-state index in [0.717, 1.165) is 58.4 Å². The highest BCUT2D eigenvalue weighted by atomic mass is 16.5. The summed E-state index contributed by atoms with van der Waals surface area (Å²) in [5.74, 6) is 2.61. The molecule has 4 aromatic rings. The van der Waals surface area contributed by atoms with Gasteiger partial charge in [-0.15, -0.1) is 0 Å². The average molecular weight is 496 g/mol. The Morgan fingerprint density at radius 3 is 2.62 bits per heavy atom. The van der Waals surface area contributed by atoms with Crippen LogP contribution in [0.3, 0.4) is 0 Å². The zero-order valence-corrected chi connectivity index (χ0v) is 22.0. The van der Waals surface area contributed by atoms with E-state index in [9.17, 15) is 0 Å². The number of aromatic amines is 1. The number of ether oxygens (including phenoxy) is 1. The van der Waals surface area contributed by atoms with Gasteiger partial charge < -0.3 is 9.72 Å². The molecule has 192 valence electrons. The lowest BCUT2D eigenvalue weighted by Gasteiger charge is -2.32. The van der Waals surface area contributed by atoms with Gasteiger partial charge in [0, 0.05) is 53.7 Å². The Labute approximate surface area is 219 Å². The largest absolute Gasteiger partial charge is 0.381 e. The number of hydrogen-bond donors (Lipinski definition) is 1. The molecule has 6 nitrogen and oxygen atoms in total. The maximum Gasteiger partial charge on any atom is 0.294 e. The highest BCUT2D eigenvalue weighted by Gasteiger charge is 2.28.